The second-order valence-electron chi connectivity index (χ2n) is 4.44. The highest BCUT2D eigenvalue weighted by Gasteiger charge is 2.20. The van der Waals surface area contributed by atoms with Crippen molar-refractivity contribution in [3.63, 3.8) is 0 Å². The average molecular weight is 262 g/mol. The van der Waals surface area contributed by atoms with Gasteiger partial charge in [0.05, 0.1) is 5.92 Å². The van der Waals surface area contributed by atoms with E-state index in [0.29, 0.717) is 18.4 Å². The lowest BCUT2D eigenvalue weighted by atomic mass is 9.94. The lowest BCUT2D eigenvalue weighted by Crippen LogP contribution is -2.14. The zero-order valence-electron chi connectivity index (χ0n) is 10.6. The van der Waals surface area contributed by atoms with Gasteiger partial charge in [-0.25, -0.2) is 9.37 Å². The molecular weight excluding hydrogens is 247 g/mol. The lowest BCUT2D eigenvalue weighted by molar-refractivity contribution is -0.139. The number of carbonyl (C=O) groups is 1. The van der Waals surface area contributed by atoms with Crippen LogP contribution in [-0.2, 0) is 18.3 Å². The van der Waals surface area contributed by atoms with Crippen LogP contribution < -0.4 is 0 Å². The summed E-state index contributed by atoms with van der Waals surface area (Å²) >= 11 is 0. The van der Waals surface area contributed by atoms with Gasteiger partial charge in [0.15, 0.2) is 0 Å². The molecule has 19 heavy (non-hydrogen) atoms. The molecule has 0 amide bonds. The molecule has 1 atom stereocenters. The number of imidazole rings is 1. The molecule has 0 saturated heterocycles. The van der Waals surface area contributed by atoms with Crippen LogP contribution in [0.3, 0.4) is 0 Å². The van der Waals surface area contributed by atoms with Crippen LogP contribution in [0.5, 0.6) is 0 Å². The van der Waals surface area contributed by atoms with Crippen molar-refractivity contribution >= 4 is 5.97 Å². The predicted molar refractivity (Wildman–Crippen MR) is 68.3 cm³/mol. The summed E-state index contributed by atoms with van der Waals surface area (Å²) in [6.45, 7) is 0. The zero-order chi connectivity index (χ0) is 13.8. The van der Waals surface area contributed by atoms with E-state index < -0.39 is 17.7 Å². The summed E-state index contributed by atoms with van der Waals surface area (Å²) < 4.78 is 15.0. The Bertz CT molecular complexity index is 580. The summed E-state index contributed by atoms with van der Waals surface area (Å²) in [4.78, 5) is 15.5. The number of rotatable bonds is 5. The molecule has 0 aliphatic carbocycles. The van der Waals surface area contributed by atoms with E-state index in [1.807, 2.05) is 17.8 Å². The Hall–Kier alpha value is -2.17. The number of aliphatic carboxylic acids is 1. The van der Waals surface area contributed by atoms with Gasteiger partial charge in [0, 0.05) is 25.9 Å². The van der Waals surface area contributed by atoms with Crippen LogP contribution in [0, 0.1) is 5.82 Å². The fourth-order valence-corrected chi connectivity index (χ4v) is 2.07. The number of carboxylic acid groups (broad SMARTS) is 1. The summed E-state index contributed by atoms with van der Waals surface area (Å²) in [6, 6.07) is 5.75. The van der Waals surface area contributed by atoms with Gasteiger partial charge in [-0.05, 0) is 24.1 Å². The van der Waals surface area contributed by atoms with Crippen molar-refractivity contribution in [2.75, 3.05) is 0 Å². The van der Waals surface area contributed by atoms with Gasteiger partial charge in [-0.15, -0.1) is 0 Å². The fourth-order valence-electron chi connectivity index (χ4n) is 2.07. The number of hydrogen-bond acceptors (Lipinski definition) is 2. The molecule has 2 aromatic rings. The van der Waals surface area contributed by atoms with Crippen molar-refractivity contribution < 1.29 is 14.3 Å². The molecule has 1 unspecified atom stereocenters. The van der Waals surface area contributed by atoms with Gasteiger partial charge in [-0.3, -0.25) is 4.79 Å². The predicted octanol–water partition coefficient (Wildman–Crippen LogP) is 2.36. The van der Waals surface area contributed by atoms with Gasteiger partial charge in [-0.2, -0.15) is 0 Å². The van der Waals surface area contributed by atoms with Gasteiger partial charge in [0.25, 0.3) is 0 Å². The number of hydrogen-bond donors (Lipinski definition) is 1. The molecule has 2 rings (SSSR count). The summed E-state index contributed by atoms with van der Waals surface area (Å²) in [5.41, 5.74) is 0.488. The largest absolute Gasteiger partial charge is 0.481 e. The summed E-state index contributed by atoms with van der Waals surface area (Å²) in [6.07, 6.45) is 4.42. The van der Waals surface area contributed by atoms with Crippen LogP contribution in [0.1, 0.15) is 23.7 Å². The highest BCUT2D eigenvalue weighted by atomic mass is 19.1. The van der Waals surface area contributed by atoms with E-state index in [-0.39, 0.29) is 0 Å². The molecule has 1 aromatic heterocycles. The van der Waals surface area contributed by atoms with Gasteiger partial charge >= 0.3 is 5.97 Å². The number of aryl methyl sites for hydroxylation is 2. The van der Waals surface area contributed by atoms with Crippen LogP contribution in [0.25, 0.3) is 0 Å². The van der Waals surface area contributed by atoms with E-state index in [1.54, 1.807) is 12.3 Å². The van der Waals surface area contributed by atoms with Crippen molar-refractivity contribution in [1.29, 1.82) is 0 Å². The number of benzene rings is 1. The van der Waals surface area contributed by atoms with Crippen molar-refractivity contribution in [2.24, 2.45) is 7.05 Å². The van der Waals surface area contributed by atoms with E-state index in [0.717, 1.165) is 5.82 Å². The normalized spacial score (nSPS) is 12.3. The molecule has 1 aromatic carbocycles. The Morgan fingerprint density at radius 2 is 2.32 bits per heavy atom. The maximum Gasteiger partial charge on any atom is 0.310 e. The fraction of sp³-hybridized carbons (Fsp3) is 0.286. The number of carboxylic acids is 1. The second-order valence-corrected chi connectivity index (χ2v) is 4.44. The first kappa shape index (κ1) is 13.3. The maximum absolute atomic E-state index is 13.2. The van der Waals surface area contributed by atoms with E-state index in [9.17, 15) is 14.3 Å². The first-order chi connectivity index (χ1) is 9.08. The minimum atomic E-state index is -0.945. The Kier molecular flexibility index (Phi) is 3.94. The monoisotopic (exact) mass is 262 g/mol. The standard InChI is InChI=1S/C14H15FN2O2/c1-17-8-7-16-13(17)6-5-12(14(18)19)10-3-2-4-11(15)9-10/h2-4,7-9,12H,5-6H2,1H3,(H,18,19). The first-order valence-electron chi connectivity index (χ1n) is 6.02. The molecule has 0 aliphatic rings. The van der Waals surface area contributed by atoms with E-state index in [1.165, 1.54) is 18.2 Å². The van der Waals surface area contributed by atoms with Crippen LogP contribution in [0.15, 0.2) is 36.7 Å². The van der Waals surface area contributed by atoms with Crippen LogP contribution in [0.2, 0.25) is 0 Å². The molecular formula is C14H15FN2O2. The average Bonchev–Trinajstić information content (AvgIpc) is 2.75. The van der Waals surface area contributed by atoms with Crippen molar-refractivity contribution in [3.05, 3.63) is 53.9 Å². The SMILES string of the molecule is Cn1ccnc1CCC(C(=O)O)c1cccc(F)c1. The molecule has 0 radical (unpaired) electrons. The molecule has 1 heterocycles. The lowest BCUT2D eigenvalue weighted by Gasteiger charge is -2.12. The maximum atomic E-state index is 13.2. The topological polar surface area (TPSA) is 55.1 Å². The van der Waals surface area contributed by atoms with Crippen molar-refractivity contribution in [1.82, 2.24) is 9.55 Å². The summed E-state index contributed by atoms with van der Waals surface area (Å²) in [5.74, 6) is -1.25. The number of halogens is 1. The van der Waals surface area contributed by atoms with Crippen LogP contribution in [-0.4, -0.2) is 20.6 Å². The molecule has 0 spiro atoms. The summed E-state index contributed by atoms with van der Waals surface area (Å²) in [5, 5.41) is 9.27. The first-order valence-corrected chi connectivity index (χ1v) is 6.02. The van der Waals surface area contributed by atoms with Crippen molar-refractivity contribution in [2.45, 2.75) is 18.8 Å². The van der Waals surface area contributed by atoms with Gasteiger partial charge in [0.2, 0.25) is 0 Å². The Morgan fingerprint density at radius 3 is 2.89 bits per heavy atom. The van der Waals surface area contributed by atoms with Crippen LogP contribution in [0.4, 0.5) is 4.39 Å². The number of nitrogens with zero attached hydrogens (tertiary/aromatic N) is 2. The Balaban J connectivity index is 2.13. The third kappa shape index (κ3) is 3.19. The third-order valence-electron chi connectivity index (χ3n) is 3.13. The highest BCUT2D eigenvalue weighted by Crippen LogP contribution is 2.22. The molecule has 0 saturated carbocycles. The smallest absolute Gasteiger partial charge is 0.310 e. The second kappa shape index (κ2) is 5.65. The quantitative estimate of drug-likeness (QED) is 0.900. The zero-order valence-corrected chi connectivity index (χ0v) is 10.6. The molecule has 4 nitrogen and oxygen atoms in total. The van der Waals surface area contributed by atoms with Crippen LogP contribution >= 0.6 is 0 Å². The minimum absolute atomic E-state index is 0.393. The molecule has 0 fully saturated rings. The molecule has 0 aliphatic heterocycles. The minimum Gasteiger partial charge on any atom is -0.481 e. The van der Waals surface area contributed by atoms with E-state index in [2.05, 4.69) is 4.98 Å². The molecule has 100 valence electrons. The highest BCUT2D eigenvalue weighted by molar-refractivity contribution is 5.76. The summed E-state index contributed by atoms with van der Waals surface area (Å²) in [7, 11) is 1.86. The Morgan fingerprint density at radius 1 is 1.53 bits per heavy atom. The van der Waals surface area contributed by atoms with Crippen molar-refractivity contribution in [3.8, 4) is 0 Å². The molecule has 0 bridgehead atoms. The van der Waals surface area contributed by atoms with E-state index >= 15 is 0 Å². The molecule has 1 N–H and O–H groups in total. The van der Waals surface area contributed by atoms with Gasteiger partial charge in [-0.1, -0.05) is 12.1 Å². The van der Waals surface area contributed by atoms with Gasteiger partial charge < -0.3 is 9.67 Å². The van der Waals surface area contributed by atoms with E-state index in [4.69, 9.17) is 0 Å². The van der Waals surface area contributed by atoms with Gasteiger partial charge in [0.1, 0.15) is 11.6 Å². The molecule has 5 heteroatoms. The third-order valence-corrected chi connectivity index (χ3v) is 3.13. The number of aromatic nitrogens is 2. The Labute approximate surface area is 110 Å².